The van der Waals surface area contributed by atoms with Crippen LogP contribution >= 0.6 is 11.3 Å². The lowest BCUT2D eigenvalue weighted by Gasteiger charge is -2.04. The molecule has 0 aliphatic heterocycles. The van der Waals surface area contributed by atoms with Gasteiger partial charge in [-0.2, -0.15) is 0 Å². The maximum absolute atomic E-state index is 11.0. The Morgan fingerprint density at radius 1 is 1.71 bits per heavy atom. The standard InChI is InChI=1S/C10H15NO2S/c1-3-4-5-8(13)10-11-6-9(14-10)7(2)12/h6,8,13H,3-5H2,1-2H3. The Balaban J connectivity index is 2.61. The molecule has 1 aromatic heterocycles. The second-order valence-corrected chi connectivity index (χ2v) is 4.34. The Kier molecular flexibility index (Phi) is 4.22. The zero-order valence-corrected chi connectivity index (χ0v) is 9.30. The predicted octanol–water partition coefficient (Wildman–Crippen LogP) is 2.57. The zero-order valence-electron chi connectivity index (χ0n) is 8.49. The van der Waals surface area contributed by atoms with Gasteiger partial charge in [0.05, 0.1) is 4.88 Å². The van der Waals surface area contributed by atoms with Gasteiger partial charge in [-0.05, 0) is 6.42 Å². The second kappa shape index (κ2) is 5.22. The van der Waals surface area contributed by atoms with Crippen LogP contribution in [0.1, 0.15) is 53.9 Å². The molecule has 1 heterocycles. The largest absolute Gasteiger partial charge is 0.386 e. The van der Waals surface area contributed by atoms with Crippen LogP contribution in [0.4, 0.5) is 0 Å². The summed E-state index contributed by atoms with van der Waals surface area (Å²) in [5, 5.41) is 10.3. The number of unbranched alkanes of at least 4 members (excludes halogenated alkanes) is 1. The summed E-state index contributed by atoms with van der Waals surface area (Å²) in [6.07, 6.45) is 3.80. The van der Waals surface area contributed by atoms with Crippen LogP contribution in [0.3, 0.4) is 0 Å². The van der Waals surface area contributed by atoms with Crippen molar-refractivity contribution in [3.8, 4) is 0 Å². The van der Waals surface area contributed by atoms with Crippen molar-refractivity contribution in [3.63, 3.8) is 0 Å². The van der Waals surface area contributed by atoms with E-state index in [1.807, 2.05) is 0 Å². The van der Waals surface area contributed by atoms with Crippen molar-refractivity contribution in [1.82, 2.24) is 4.98 Å². The lowest BCUT2D eigenvalue weighted by atomic mass is 10.2. The number of aliphatic hydroxyl groups excluding tert-OH is 1. The van der Waals surface area contributed by atoms with Crippen LogP contribution in [0.15, 0.2) is 6.20 Å². The summed E-state index contributed by atoms with van der Waals surface area (Å²) in [5.74, 6) is 0.0106. The van der Waals surface area contributed by atoms with Gasteiger partial charge in [0.15, 0.2) is 5.78 Å². The summed E-state index contributed by atoms with van der Waals surface area (Å²) in [6, 6.07) is 0. The Morgan fingerprint density at radius 2 is 2.43 bits per heavy atom. The first-order chi connectivity index (χ1) is 6.65. The third-order valence-electron chi connectivity index (χ3n) is 1.99. The van der Waals surface area contributed by atoms with Crippen molar-refractivity contribution < 1.29 is 9.90 Å². The molecule has 1 aromatic rings. The lowest BCUT2D eigenvalue weighted by molar-refractivity contribution is 0.102. The van der Waals surface area contributed by atoms with E-state index in [0.717, 1.165) is 19.3 Å². The molecule has 0 spiro atoms. The van der Waals surface area contributed by atoms with Gasteiger partial charge in [0, 0.05) is 13.1 Å². The van der Waals surface area contributed by atoms with Gasteiger partial charge in [-0.3, -0.25) is 4.79 Å². The van der Waals surface area contributed by atoms with E-state index < -0.39 is 6.10 Å². The van der Waals surface area contributed by atoms with Crippen molar-refractivity contribution in [3.05, 3.63) is 16.1 Å². The highest BCUT2D eigenvalue weighted by molar-refractivity contribution is 7.13. The van der Waals surface area contributed by atoms with E-state index in [1.165, 1.54) is 24.5 Å². The smallest absolute Gasteiger partial charge is 0.171 e. The van der Waals surface area contributed by atoms with Crippen molar-refractivity contribution in [1.29, 1.82) is 0 Å². The van der Waals surface area contributed by atoms with Crippen LogP contribution in [-0.4, -0.2) is 15.9 Å². The highest BCUT2D eigenvalue weighted by Crippen LogP contribution is 2.24. The first-order valence-electron chi connectivity index (χ1n) is 4.80. The summed E-state index contributed by atoms with van der Waals surface area (Å²) in [7, 11) is 0. The Hall–Kier alpha value is -0.740. The van der Waals surface area contributed by atoms with Gasteiger partial charge in [0.1, 0.15) is 11.1 Å². The molecule has 0 saturated carbocycles. The fraction of sp³-hybridized carbons (Fsp3) is 0.600. The molecule has 1 unspecified atom stereocenters. The van der Waals surface area contributed by atoms with Crippen LogP contribution in [0.5, 0.6) is 0 Å². The van der Waals surface area contributed by atoms with Crippen molar-refractivity contribution in [2.45, 2.75) is 39.2 Å². The zero-order chi connectivity index (χ0) is 10.6. The average Bonchev–Trinajstić information content (AvgIpc) is 2.62. The molecule has 0 aliphatic carbocycles. The number of carbonyl (C=O) groups excluding carboxylic acids is 1. The molecule has 1 N–H and O–H groups in total. The van der Waals surface area contributed by atoms with Gasteiger partial charge < -0.3 is 5.11 Å². The number of rotatable bonds is 5. The summed E-state index contributed by atoms with van der Waals surface area (Å²) in [6.45, 7) is 3.59. The fourth-order valence-corrected chi connectivity index (χ4v) is 1.96. The minimum absolute atomic E-state index is 0.0106. The number of carbonyl (C=O) groups is 1. The maximum atomic E-state index is 11.0. The Labute approximate surface area is 87.8 Å². The van der Waals surface area contributed by atoms with Crippen LogP contribution in [0.2, 0.25) is 0 Å². The number of aliphatic hydroxyl groups is 1. The van der Waals surface area contributed by atoms with E-state index in [-0.39, 0.29) is 5.78 Å². The van der Waals surface area contributed by atoms with Crippen molar-refractivity contribution in [2.24, 2.45) is 0 Å². The number of ketones is 1. The molecule has 0 saturated heterocycles. The monoisotopic (exact) mass is 213 g/mol. The number of Topliss-reactive ketones (excluding diaryl/α,β-unsaturated/α-hetero) is 1. The van der Waals surface area contributed by atoms with E-state index >= 15 is 0 Å². The number of thiazole rings is 1. The molecule has 78 valence electrons. The van der Waals surface area contributed by atoms with Crippen LogP contribution in [-0.2, 0) is 0 Å². The van der Waals surface area contributed by atoms with Crippen LogP contribution in [0.25, 0.3) is 0 Å². The molecule has 0 aromatic carbocycles. The Bertz CT molecular complexity index is 309. The molecular weight excluding hydrogens is 198 g/mol. The molecule has 0 amide bonds. The average molecular weight is 213 g/mol. The van der Waals surface area contributed by atoms with Gasteiger partial charge in [0.25, 0.3) is 0 Å². The van der Waals surface area contributed by atoms with Crippen LogP contribution in [0, 0.1) is 0 Å². The summed E-state index contributed by atoms with van der Waals surface area (Å²) >= 11 is 1.29. The first kappa shape index (κ1) is 11.3. The molecule has 0 bridgehead atoms. The summed E-state index contributed by atoms with van der Waals surface area (Å²) in [4.78, 5) is 15.6. The summed E-state index contributed by atoms with van der Waals surface area (Å²) in [5.41, 5.74) is 0. The molecule has 4 heteroatoms. The summed E-state index contributed by atoms with van der Waals surface area (Å²) < 4.78 is 0. The van der Waals surface area contributed by atoms with Gasteiger partial charge >= 0.3 is 0 Å². The van der Waals surface area contributed by atoms with Crippen molar-refractivity contribution >= 4 is 17.1 Å². The molecule has 3 nitrogen and oxygen atoms in total. The molecule has 0 fully saturated rings. The lowest BCUT2D eigenvalue weighted by Crippen LogP contribution is -1.95. The highest BCUT2D eigenvalue weighted by Gasteiger charge is 2.13. The van der Waals surface area contributed by atoms with Crippen molar-refractivity contribution in [2.75, 3.05) is 0 Å². The van der Waals surface area contributed by atoms with Gasteiger partial charge in [-0.1, -0.05) is 19.8 Å². The fourth-order valence-electron chi connectivity index (χ4n) is 1.13. The quantitative estimate of drug-likeness (QED) is 0.765. The minimum atomic E-state index is -0.506. The van der Waals surface area contributed by atoms with Gasteiger partial charge in [0.2, 0.25) is 0 Å². The third-order valence-corrected chi connectivity index (χ3v) is 3.19. The highest BCUT2D eigenvalue weighted by atomic mass is 32.1. The second-order valence-electron chi connectivity index (χ2n) is 3.28. The molecule has 1 rings (SSSR count). The van der Waals surface area contributed by atoms with E-state index in [2.05, 4.69) is 11.9 Å². The number of nitrogens with zero attached hydrogens (tertiary/aromatic N) is 1. The SMILES string of the molecule is CCCCC(O)c1ncc(C(C)=O)s1. The van der Waals surface area contributed by atoms with Gasteiger partial charge in [-0.15, -0.1) is 11.3 Å². The normalized spacial score (nSPS) is 12.8. The van der Waals surface area contributed by atoms with E-state index in [0.29, 0.717) is 9.88 Å². The Morgan fingerprint density at radius 3 is 2.93 bits per heavy atom. The topological polar surface area (TPSA) is 50.2 Å². The molecule has 14 heavy (non-hydrogen) atoms. The molecule has 0 aliphatic rings. The van der Waals surface area contributed by atoms with Crippen LogP contribution < -0.4 is 0 Å². The first-order valence-corrected chi connectivity index (χ1v) is 5.61. The minimum Gasteiger partial charge on any atom is -0.386 e. The number of hydrogen-bond donors (Lipinski definition) is 1. The van der Waals surface area contributed by atoms with E-state index in [9.17, 15) is 9.90 Å². The third kappa shape index (κ3) is 2.89. The van der Waals surface area contributed by atoms with E-state index in [4.69, 9.17) is 0 Å². The molecular formula is C10H15NO2S. The molecule has 1 atom stereocenters. The predicted molar refractivity (Wildman–Crippen MR) is 56.6 cm³/mol. The number of aromatic nitrogens is 1. The van der Waals surface area contributed by atoms with E-state index in [1.54, 1.807) is 0 Å². The molecule has 0 radical (unpaired) electrons. The number of hydrogen-bond acceptors (Lipinski definition) is 4. The van der Waals surface area contributed by atoms with Gasteiger partial charge in [-0.25, -0.2) is 4.98 Å². The maximum Gasteiger partial charge on any atom is 0.171 e.